The second-order valence-corrected chi connectivity index (χ2v) is 2.93. The fraction of sp³-hybridized carbons (Fsp3) is 1.00. The molecule has 6 heteroatoms. The van der Waals surface area contributed by atoms with Gasteiger partial charge in [-0.2, -0.15) is 13.2 Å². The number of hydrogen-bond donors (Lipinski definition) is 2. The van der Waals surface area contributed by atoms with E-state index < -0.39 is 5.51 Å². The zero-order chi connectivity index (χ0) is 8.74. The van der Waals surface area contributed by atoms with Gasteiger partial charge in [0.25, 0.3) is 0 Å². The summed E-state index contributed by atoms with van der Waals surface area (Å²) in [7, 11) is 0. The van der Waals surface area contributed by atoms with E-state index in [4.69, 9.17) is 5.11 Å². The molecule has 0 spiro atoms. The van der Waals surface area contributed by atoms with Crippen LogP contribution in [0.1, 0.15) is 0 Å². The third-order valence-corrected chi connectivity index (χ3v) is 1.57. The van der Waals surface area contributed by atoms with E-state index in [0.717, 1.165) is 0 Å². The van der Waals surface area contributed by atoms with Crippen molar-refractivity contribution in [3.63, 3.8) is 0 Å². The highest BCUT2D eigenvalue weighted by Crippen LogP contribution is 2.29. The lowest BCUT2D eigenvalue weighted by molar-refractivity contribution is -0.0327. The number of halogens is 3. The topological polar surface area (TPSA) is 32.3 Å². The molecule has 0 aromatic carbocycles. The lowest BCUT2D eigenvalue weighted by Crippen LogP contribution is -2.21. The summed E-state index contributed by atoms with van der Waals surface area (Å²) in [5.74, 6) is -0.0104. The normalized spacial score (nSPS) is 12.0. The van der Waals surface area contributed by atoms with Crippen LogP contribution in [0.2, 0.25) is 0 Å². The molecule has 0 atom stereocenters. The van der Waals surface area contributed by atoms with Crippen LogP contribution >= 0.6 is 11.8 Å². The Morgan fingerprint density at radius 2 is 1.91 bits per heavy atom. The molecule has 0 saturated carbocycles. The highest BCUT2D eigenvalue weighted by atomic mass is 32.2. The van der Waals surface area contributed by atoms with E-state index in [1.165, 1.54) is 0 Å². The van der Waals surface area contributed by atoms with E-state index >= 15 is 0 Å². The Morgan fingerprint density at radius 3 is 2.36 bits per heavy atom. The Morgan fingerprint density at radius 1 is 1.27 bits per heavy atom. The van der Waals surface area contributed by atoms with Crippen molar-refractivity contribution in [3.05, 3.63) is 0 Å². The van der Waals surface area contributed by atoms with E-state index in [0.29, 0.717) is 6.54 Å². The third kappa shape index (κ3) is 10.1. The zero-order valence-corrected chi connectivity index (χ0v) is 6.63. The highest BCUT2D eigenvalue weighted by Gasteiger charge is 2.27. The first kappa shape index (κ1) is 11.1. The first-order valence-electron chi connectivity index (χ1n) is 3.08. The van der Waals surface area contributed by atoms with Gasteiger partial charge in [-0.25, -0.2) is 0 Å². The van der Waals surface area contributed by atoms with Crippen molar-refractivity contribution in [2.75, 3.05) is 25.4 Å². The molecule has 0 bridgehead atoms. The minimum absolute atomic E-state index is 0.0104. The van der Waals surface area contributed by atoms with Gasteiger partial charge in [0, 0.05) is 18.8 Å². The SMILES string of the molecule is OCCNCCSC(F)(F)F. The summed E-state index contributed by atoms with van der Waals surface area (Å²) in [4.78, 5) is 0. The van der Waals surface area contributed by atoms with Gasteiger partial charge in [0.05, 0.1) is 6.61 Å². The Bertz CT molecular complexity index is 98.2. The number of nitrogens with one attached hydrogen (secondary N) is 1. The standard InChI is InChI=1S/C5H10F3NOS/c6-5(7,8)11-4-2-9-1-3-10/h9-10H,1-4H2. The average Bonchev–Trinajstić information content (AvgIpc) is 1.85. The highest BCUT2D eigenvalue weighted by molar-refractivity contribution is 8.00. The molecule has 68 valence electrons. The van der Waals surface area contributed by atoms with Crippen LogP contribution in [-0.2, 0) is 0 Å². The number of hydrogen-bond acceptors (Lipinski definition) is 3. The second kappa shape index (κ2) is 5.68. The van der Waals surface area contributed by atoms with Crippen LogP contribution < -0.4 is 5.32 Å². The first-order valence-corrected chi connectivity index (χ1v) is 4.07. The molecule has 0 rings (SSSR count). The van der Waals surface area contributed by atoms with Crippen LogP contribution in [0.25, 0.3) is 0 Å². The van der Waals surface area contributed by atoms with Gasteiger partial charge in [-0.3, -0.25) is 0 Å². The van der Waals surface area contributed by atoms with Crippen molar-refractivity contribution in [1.82, 2.24) is 5.32 Å². The molecule has 0 heterocycles. The van der Waals surface area contributed by atoms with Gasteiger partial charge in [0.1, 0.15) is 0 Å². The molecule has 0 aromatic rings. The predicted octanol–water partition coefficient (Wildman–Crippen LogP) is 0.821. The number of aliphatic hydroxyl groups excluding tert-OH is 1. The van der Waals surface area contributed by atoms with E-state index in [-0.39, 0.29) is 30.7 Å². The van der Waals surface area contributed by atoms with Crippen LogP contribution in [0.5, 0.6) is 0 Å². The molecule has 0 aliphatic heterocycles. The van der Waals surface area contributed by atoms with E-state index in [1.54, 1.807) is 0 Å². The van der Waals surface area contributed by atoms with Crippen LogP contribution in [0.15, 0.2) is 0 Å². The monoisotopic (exact) mass is 189 g/mol. The Hall–Kier alpha value is 0.0600. The molecule has 0 saturated heterocycles. The van der Waals surface area contributed by atoms with Gasteiger partial charge in [-0.05, 0) is 11.8 Å². The minimum atomic E-state index is -4.14. The summed E-state index contributed by atoms with van der Waals surface area (Å²) in [5, 5.41) is 10.9. The van der Waals surface area contributed by atoms with Crippen LogP contribution in [0.3, 0.4) is 0 Å². The lowest BCUT2D eigenvalue weighted by Gasteiger charge is -2.05. The molecular weight excluding hydrogens is 179 g/mol. The minimum Gasteiger partial charge on any atom is -0.395 e. The predicted molar refractivity (Wildman–Crippen MR) is 38.5 cm³/mol. The van der Waals surface area contributed by atoms with Crippen molar-refractivity contribution < 1.29 is 18.3 Å². The maximum Gasteiger partial charge on any atom is 0.441 e. The summed E-state index contributed by atoms with van der Waals surface area (Å²) in [6.45, 7) is 0.569. The Balaban J connectivity index is 3.02. The summed E-state index contributed by atoms with van der Waals surface area (Å²) in [5.41, 5.74) is -4.14. The zero-order valence-electron chi connectivity index (χ0n) is 5.82. The molecule has 0 amide bonds. The Labute approximate surface area is 67.2 Å². The van der Waals surface area contributed by atoms with E-state index in [2.05, 4.69) is 5.32 Å². The molecule has 0 radical (unpaired) electrons. The van der Waals surface area contributed by atoms with Gasteiger partial charge in [0.15, 0.2) is 0 Å². The van der Waals surface area contributed by atoms with Crippen molar-refractivity contribution in [2.24, 2.45) is 0 Å². The van der Waals surface area contributed by atoms with Crippen LogP contribution in [0, 0.1) is 0 Å². The van der Waals surface area contributed by atoms with Gasteiger partial charge in [-0.15, -0.1) is 0 Å². The lowest BCUT2D eigenvalue weighted by atomic mass is 10.6. The summed E-state index contributed by atoms with van der Waals surface area (Å²) in [6, 6.07) is 0. The van der Waals surface area contributed by atoms with Crippen molar-refractivity contribution in [3.8, 4) is 0 Å². The Kier molecular flexibility index (Phi) is 5.71. The van der Waals surface area contributed by atoms with Gasteiger partial charge >= 0.3 is 5.51 Å². The fourth-order valence-corrected chi connectivity index (χ4v) is 0.921. The number of thioether (sulfide) groups is 1. The summed E-state index contributed by atoms with van der Waals surface area (Å²) < 4.78 is 34.4. The number of rotatable bonds is 5. The fourth-order valence-electron chi connectivity index (χ4n) is 0.443. The third-order valence-electron chi connectivity index (χ3n) is 0.833. The molecule has 0 aliphatic rings. The maximum absolute atomic E-state index is 11.5. The van der Waals surface area contributed by atoms with Crippen LogP contribution in [0.4, 0.5) is 13.2 Å². The molecule has 0 fully saturated rings. The van der Waals surface area contributed by atoms with Gasteiger partial charge in [-0.1, -0.05) is 0 Å². The largest absolute Gasteiger partial charge is 0.441 e. The molecule has 11 heavy (non-hydrogen) atoms. The molecule has 0 unspecified atom stereocenters. The summed E-state index contributed by atoms with van der Waals surface area (Å²) >= 11 is -0.0601. The molecule has 0 aromatic heterocycles. The molecular formula is C5H10F3NOS. The number of alkyl halides is 3. The number of aliphatic hydroxyl groups is 1. The quantitative estimate of drug-likeness (QED) is 0.628. The van der Waals surface area contributed by atoms with E-state index in [1.807, 2.05) is 0 Å². The smallest absolute Gasteiger partial charge is 0.395 e. The van der Waals surface area contributed by atoms with E-state index in [9.17, 15) is 13.2 Å². The average molecular weight is 189 g/mol. The van der Waals surface area contributed by atoms with Gasteiger partial charge in [0.2, 0.25) is 0 Å². The summed E-state index contributed by atoms with van der Waals surface area (Å²) in [6.07, 6.45) is 0. The second-order valence-electron chi connectivity index (χ2n) is 1.77. The van der Waals surface area contributed by atoms with Crippen molar-refractivity contribution >= 4 is 11.8 Å². The molecule has 0 aliphatic carbocycles. The van der Waals surface area contributed by atoms with Crippen molar-refractivity contribution in [1.29, 1.82) is 0 Å². The first-order chi connectivity index (χ1) is 5.06. The molecule has 2 nitrogen and oxygen atoms in total. The van der Waals surface area contributed by atoms with Crippen LogP contribution in [-0.4, -0.2) is 36.1 Å². The maximum atomic E-state index is 11.5. The van der Waals surface area contributed by atoms with Gasteiger partial charge < -0.3 is 10.4 Å². The molecule has 2 N–H and O–H groups in total. The van der Waals surface area contributed by atoms with Crippen molar-refractivity contribution in [2.45, 2.75) is 5.51 Å².